The largest absolute Gasteiger partial charge is 0.495 e. The number of hydrogen-bond donors (Lipinski definition) is 0. The number of fused-ring (bicyclic) bond motifs is 1. The standard InChI is InChI=1S/C27H27FN4O2/c1-18-16-31(17-30-18)23-10-4-19(15-24(23)34-3)14-20-5-11-25(33)32-26(20)29-13-12-27(32,2)21-6-8-22(28)9-7-21/h4,6-10,14-17H,5,11-13H2,1-3H3. The Hall–Kier alpha value is -3.74. The third kappa shape index (κ3) is 3.81. The van der Waals surface area contributed by atoms with E-state index in [1.807, 2.05) is 47.7 Å². The number of piperidine rings is 1. The van der Waals surface area contributed by atoms with Gasteiger partial charge in [0.2, 0.25) is 5.91 Å². The lowest BCUT2D eigenvalue weighted by atomic mass is 9.82. The van der Waals surface area contributed by atoms with Crippen LogP contribution in [-0.4, -0.2) is 39.8 Å². The molecule has 1 fully saturated rings. The van der Waals surface area contributed by atoms with E-state index in [1.54, 1.807) is 25.6 Å². The maximum Gasteiger partial charge on any atom is 0.229 e. The fourth-order valence-electron chi connectivity index (χ4n) is 4.87. The molecule has 1 unspecified atom stereocenters. The van der Waals surface area contributed by atoms with Gasteiger partial charge in [0.25, 0.3) is 0 Å². The number of amides is 1. The maximum absolute atomic E-state index is 13.6. The zero-order chi connectivity index (χ0) is 23.9. The highest BCUT2D eigenvalue weighted by atomic mass is 19.1. The van der Waals surface area contributed by atoms with E-state index in [0.29, 0.717) is 31.6 Å². The van der Waals surface area contributed by atoms with Gasteiger partial charge in [0.15, 0.2) is 0 Å². The number of imidazole rings is 1. The zero-order valence-corrected chi connectivity index (χ0v) is 19.6. The summed E-state index contributed by atoms with van der Waals surface area (Å²) in [6.07, 6.45) is 7.52. The van der Waals surface area contributed by atoms with E-state index in [9.17, 15) is 9.18 Å². The fraction of sp³-hybridized carbons (Fsp3) is 0.296. The highest BCUT2D eigenvalue weighted by Gasteiger charge is 2.44. The summed E-state index contributed by atoms with van der Waals surface area (Å²) in [7, 11) is 1.65. The van der Waals surface area contributed by atoms with Gasteiger partial charge in [0.05, 0.1) is 30.4 Å². The van der Waals surface area contributed by atoms with Gasteiger partial charge in [0, 0.05) is 19.2 Å². The molecule has 174 valence electrons. The van der Waals surface area contributed by atoms with Crippen LogP contribution >= 0.6 is 0 Å². The van der Waals surface area contributed by atoms with Crippen LogP contribution in [0.4, 0.5) is 4.39 Å². The van der Waals surface area contributed by atoms with Crippen LogP contribution < -0.4 is 4.74 Å². The Morgan fingerprint density at radius 3 is 2.65 bits per heavy atom. The lowest BCUT2D eigenvalue weighted by molar-refractivity contribution is -0.133. The average Bonchev–Trinajstić information content (AvgIpc) is 3.27. The first kappa shape index (κ1) is 22.1. The number of carbonyl (C=O) groups excluding carboxylic acids is 1. The van der Waals surface area contributed by atoms with Gasteiger partial charge in [-0.25, -0.2) is 9.37 Å². The Morgan fingerprint density at radius 2 is 1.94 bits per heavy atom. The summed E-state index contributed by atoms with van der Waals surface area (Å²) in [6, 6.07) is 12.5. The second-order valence-corrected chi connectivity index (χ2v) is 8.99. The molecule has 1 aromatic heterocycles. The lowest BCUT2D eigenvalue weighted by Crippen LogP contribution is -2.56. The van der Waals surface area contributed by atoms with Gasteiger partial charge in [0.1, 0.15) is 17.4 Å². The van der Waals surface area contributed by atoms with Crippen LogP contribution in [0, 0.1) is 12.7 Å². The number of aliphatic imine (C=N–C) groups is 1. The summed E-state index contributed by atoms with van der Waals surface area (Å²) >= 11 is 0. The molecule has 5 rings (SSSR count). The molecule has 2 aliphatic heterocycles. The molecule has 3 heterocycles. The second-order valence-electron chi connectivity index (χ2n) is 8.99. The van der Waals surface area contributed by atoms with Crippen molar-refractivity contribution in [2.75, 3.05) is 13.7 Å². The molecule has 1 saturated heterocycles. The Balaban J connectivity index is 1.51. The minimum absolute atomic E-state index is 0.0471. The van der Waals surface area contributed by atoms with Crippen molar-refractivity contribution in [3.63, 3.8) is 0 Å². The van der Waals surface area contributed by atoms with Crippen molar-refractivity contribution < 1.29 is 13.9 Å². The molecule has 0 bridgehead atoms. The van der Waals surface area contributed by atoms with Gasteiger partial charge < -0.3 is 9.30 Å². The smallest absolute Gasteiger partial charge is 0.229 e. The van der Waals surface area contributed by atoms with Gasteiger partial charge in [-0.3, -0.25) is 14.7 Å². The Bertz CT molecular complexity index is 1310. The van der Waals surface area contributed by atoms with Crippen molar-refractivity contribution in [3.05, 3.63) is 83.2 Å². The van der Waals surface area contributed by atoms with Gasteiger partial charge >= 0.3 is 0 Å². The predicted octanol–water partition coefficient (Wildman–Crippen LogP) is 5.05. The van der Waals surface area contributed by atoms with Crippen molar-refractivity contribution in [1.82, 2.24) is 14.5 Å². The molecule has 1 atom stereocenters. The number of carbonyl (C=O) groups is 1. The first-order valence-electron chi connectivity index (χ1n) is 11.4. The number of nitrogens with zero attached hydrogens (tertiary/aromatic N) is 4. The molecule has 34 heavy (non-hydrogen) atoms. The van der Waals surface area contributed by atoms with Crippen LogP contribution in [-0.2, 0) is 10.3 Å². The summed E-state index contributed by atoms with van der Waals surface area (Å²) in [5, 5.41) is 0. The van der Waals surface area contributed by atoms with Crippen molar-refractivity contribution in [2.45, 2.75) is 38.6 Å². The van der Waals surface area contributed by atoms with Gasteiger partial charge in [-0.2, -0.15) is 0 Å². The van der Waals surface area contributed by atoms with E-state index in [0.717, 1.165) is 33.8 Å². The first-order chi connectivity index (χ1) is 16.4. The first-order valence-corrected chi connectivity index (χ1v) is 11.4. The van der Waals surface area contributed by atoms with Crippen molar-refractivity contribution in [2.24, 2.45) is 4.99 Å². The fourth-order valence-corrected chi connectivity index (χ4v) is 4.87. The Kier molecular flexibility index (Phi) is 5.55. The highest BCUT2D eigenvalue weighted by Crippen LogP contribution is 2.40. The van der Waals surface area contributed by atoms with Crippen LogP contribution in [0.15, 0.2) is 65.6 Å². The summed E-state index contributed by atoms with van der Waals surface area (Å²) in [6.45, 7) is 4.59. The number of benzene rings is 2. The quantitative estimate of drug-likeness (QED) is 0.550. The van der Waals surface area contributed by atoms with Crippen molar-refractivity contribution in [1.29, 1.82) is 0 Å². The number of rotatable bonds is 4. The average molecular weight is 459 g/mol. The second kappa shape index (κ2) is 8.56. The summed E-state index contributed by atoms with van der Waals surface area (Å²) in [5.74, 6) is 1.21. The topological polar surface area (TPSA) is 59.7 Å². The van der Waals surface area contributed by atoms with E-state index in [2.05, 4.69) is 11.1 Å². The molecule has 2 aromatic carbocycles. The van der Waals surface area contributed by atoms with E-state index >= 15 is 0 Å². The van der Waals surface area contributed by atoms with E-state index < -0.39 is 5.54 Å². The minimum Gasteiger partial charge on any atom is -0.495 e. The van der Waals surface area contributed by atoms with Crippen molar-refractivity contribution >= 4 is 17.8 Å². The predicted molar refractivity (Wildman–Crippen MR) is 130 cm³/mol. The number of aromatic nitrogens is 2. The number of aryl methyl sites for hydroxylation is 1. The third-order valence-corrected chi connectivity index (χ3v) is 6.71. The molecule has 0 aliphatic carbocycles. The van der Waals surface area contributed by atoms with Crippen LogP contribution in [0.1, 0.15) is 43.0 Å². The van der Waals surface area contributed by atoms with E-state index in [1.165, 1.54) is 12.1 Å². The Morgan fingerprint density at radius 1 is 1.15 bits per heavy atom. The van der Waals surface area contributed by atoms with Crippen LogP contribution in [0.3, 0.4) is 0 Å². The summed E-state index contributed by atoms with van der Waals surface area (Å²) in [4.78, 5) is 24.0. The van der Waals surface area contributed by atoms with E-state index in [-0.39, 0.29) is 11.7 Å². The number of halogens is 1. The number of ether oxygens (including phenoxy) is 1. The van der Waals surface area contributed by atoms with Gasteiger partial charge in [-0.05, 0) is 73.7 Å². The van der Waals surface area contributed by atoms with Crippen LogP contribution in [0.5, 0.6) is 5.75 Å². The van der Waals surface area contributed by atoms with Crippen LogP contribution in [0.2, 0.25) is 0 Å². The molecular weight excluding hydrogens is 431 g/mol. The molecule has 2 aliphatic rings. The van der Waals surface area contributed by atoms with E-state index in [4.69, 9.17) is 9.73 Å². The molecule has 3 aromatic rings. The molecule has 1 amide bonds. The normalized spacial score (nSPS) is 21.4. The summed E-state index contributed by atoms with van der Waals surface area (Å²) in [5.41, 5.74) is 4.17. The molecular formula is C27H27FN4O2. The monoisotopic (exact) mass is 458 g/mol. The molecule has 0 spiro atoms. The zero-order valence-electron chi connectivity index (χ0n) is 19.6. The van der Waals surface area contributed by atoms with Gasteiger partial charge in [-0.15, -0.1) is 0 Å². The summed E-state index contributed by atoms with van der Waals surface area (Å²) < 4.78 is 21.2. The Labute approximate surface area is 198 Å². The number of methoxy groups -OCH3 is 1. The molecule has 0 saturated carbocycles. The third-order valence-electron chi connectivity index (χ3n) is 6.71. The SMILES string of the molecule is COc1cc(C=C2CCC(=O)N3C2=NCCC3(C)c2ccc(F)cc2)ccc1-n1cnc(C)c1. The number of hydrogen-bond acceptors (Lipinski definition) is 4. The van der Waals surface area contributed by atoms with Crippen LogP contribution in [0.25, 0.3) is 11.8 Å². The molecule has 6 nitrogen and oxygen atoms in total. The van der Waals surface area contributed by atoms with Gasteiger partial charge in [-0.1, -0.05) is 18.2 Å². The molecule has 0 radical (unpaired) electrons. The maximum atomic E-state index is 13.6. The molecule has 0 N–H and O–H groups in total. The molecule has 7 heteroatoms. The van der Waals surface area contributed by atoms with Crippen molar-refractivity contribution in [3.8, 4) is 11.4 Å². The minimum atomic E-state index is -0.567. The lowest BCUT2D eigenvalue weighted by Gasteiger charge is -2.47. The highest BCUT2D eigenvalue weighted by molar-refractivity contribution is 6.13. The number of amidine groups is 1.